The fraction of sp³-hybridized carbons (Fsp3) is 0.0968. The van der Waals surface area contributed by atoms with Gasteiger partial charge >= 0.3 is 0 Å². The Labute approximate surface area is 221 Å². The normalized spacial score (nSPS) is 10.9. The molecule has 0 aromatic heterocycles. The van der Waals surface area contributed by atoms with Gasteiger partial charge in [0, 0.05) is 16.3 Å². The van der Waals surface area contributed by atoms with Crippen molar-refractivity contribution in [3.8, 4) is 17.6 Å². The maximum atomic E-state index is 12.8. The van der Waals surface area contributed by atoms with Crippen molar-refractivity contribution in [2.45, 2.75) is 20.1 Å². The molecule has 0 radical (unpaired) electrons. The summed E-state index contributed by atoms with van der Waals surface area (Å²) < 4.78 is 11.8. The second kappa shape index (κ2) is 12.4. The van der Waals surface area contributed by atoms with Crippen molar-refractivity contribution in [3.63, 3.8) is 0 Å². The molecule has 4 aromatic rings. The van der Waals surface area contributed by atoms with Gasteiger partial charge in [-0.2, -0.15) is 5.26 Å². The van der Waals surface area contributed by atoms with Crippen LogP contribution in [0.5, 0.6) is 11.5 Å². The number of nitriles is 1. The predicted octanol–water partition coefficient (Wildman–Crippen LogP) is 7.35. The Hall–Kier alpha value is -4.53. The highest BCUT2D eigenvalue weighted by molar-refractivity contribution is 6.30. The Morgan fingerprint density at radius 2 is 1.57 bits per heavy atom. The Morgan fingerprint density at radius 3 is 2.27 bits per heavy atom. The van der Waals surface area contributed by atoms with E-state index in [-0.39, 0.29) is 5.57 Å². The minimum absolute atomic E-state index is 0.0773. The van der Waals surface area contributed by atoms with Gasteiger partial charge in [0.2, 0.25) is 0 Å². The molecule has 4 aromatic carbocycles. The van der Waals surface area contributed by atoms with E-state index in [0.717, 1.165) is 11.1 Å². The largest absolute Gasteiger partial charge is 0.489 e. The third-order valence-electron chi connectivity index (χ3n) is 5.51. The van der Waals surface area contributed by atoms with Crippen LogP contribution in [-0.2, 0) is 18.0 Å². The van der Waals surface area contributed by atoms with Gasteiger partial charge in [0.1, 0.15) is 36.4 Å². The fourth-order valence-corrected chi connectivity index (χ4v) is 3.67. The number of nitrogens with one attached hydrogen (secondary N) is 1. The quantitative estimate of drug-likeness (QED) is 0.189. The lowest BCUT2D eigenvalue weighted by atomic mass is 10.1. The summed E-state index contributed by atoms with van der Waals surface area (Å²) in [5, 5.41) is 12.9. The first kappa shape index (κ1) is 25.6. The topological polar surface area (TPSA) is 71.3 Å². The Bertz CT molecular complexity index is 1420. The molecular formula is C31H25ClN2O3. The van der Waals surface area contributed by atoms with Crippen molar-refractivity contribution in [2.24, 2.45) is 0 Å². The van der Waals surface area contributed by atoms with Gasteiger partial charge in [-0.1, -0.05) is 71.8 Å². The van der Waals surface area contributed by atoms with E-state index >= 15 is 0 Å². The number of amides is 1. The minimum atomic E-state index is -0.537. The Morgan fingerprint density at radius 1 is 0.892 bits per heavy atom. The summed E-state index contributed by atoms with van der Waals surface area (Å²) in [5.41, 5.74) is 4.26. The first-order chi connectivity index (χ1) is 18.0. The van der Waals surface area contributed by atoms with Gasteiger partial charge in [0.15, 0.2) is 0 Å². The maximum Gasteiger partial charge on any atom is 0.266 e. The monoisotopic (exact) mass is 508 g/mol. The number of benzene rings is 4. The molecule has 0 atom stereocenters. The molecule has 0 aliphatic carbocycles. The number of nitrogens with zero attached hydrogens (tertiary/aromatic N) is 1. The summed E-state index contributed by atoms with van der Waals surface area (Å²) in [6, 6.07) is 31.9. The molecule has 4 rings (SSSR count). The van der Waals surface area contributed by atoms with Gasteiger partial charge in [0.25, 0.3) is 5.91 Å². The van der Waals surface area contributed by atoms with Crippen molar-refractivity contribution >= 4 is 29.3 Å². The van der Waals surface area contributed by atoms with E-state index in [1.165, 1.54) is 11.6 Å². The van der Waals surface area contributed by atoms with Crippen LogP contribution in [0.15, 0.2) is 103 Å². The standard InChI is InChI=1S/C31H25ClN2O3/c1-22-7-9-24(10-8-22)20-36-29-14-12-28(13-15-29)34-31(35)26(19-33)17-25-18-27(32)11-16-30(25)37-21-23-5-3-2-4-6-23/h2-18H,20-21H2,1H3,(H,34,35)/b26-17+. The van der Waals surface area contributed by atoms with Crippen LogP contribution in [0.2, 0.25) is 5.02 Å². The number of anilines is 1. The highest BCUT2D eigenvalue weighted by Crippen LogP contribution is 2.27. The van der Waals surface area contributed by atoms with E-state index in [0.29, 0.717) is 41.0 Å². The van der Waals surface area contributed by atoms with Crippen LogP contribution in [0.3, 0.4) is 0 Å². The first-order valence-electron chi connectivity index (χ1n) is 11.7. The number of carbonyl (C=O) groups excluding carboxylic acids is 1. The van der Waals surface area contributed by atoms with Crippen molar-refractivity contribution in [2.75, 3.05) is 5.32 Å². The van der Waals surface area contributed by atoms with E-state index in [1.54, 1.807) is 42.5 Å². The average Bonchev–Trinajstić information content (AvgIpc) is 2.92. The van der Waals surface area contributed by atoms with Crippen LogP contribution < -0.4 is 14.8 Å². The number of hydrogen-bond acceptors (Lipinski definition) is 4. The van der Waals surface area contributed by atoms with Gasteiger partial charge < -0.3 is 14.8 Å². The van der Waals surface area contributed by atoms with Gasteiger partial charge in [-0.25, -0.2) is 0 Å². The summed E-state index contributed by atoms with van der Waals surface area (Å²) >= 11 is 6.18. The minimum Gasteiger partial charge on any atom is -0.489 e. The maximum absolute atomic E-state index is 12.8. The molecule has 0 fully saturated rings. The van der Waals surface area contributed by atoms with E-state index in [4.69, 9.17) is 21.1 Å². The van der Waals surface area contributed by atoms with Crippen LogP contribution in [0.25, 0.3) is 6.08 Å². The molecule has 1 N–H and O–H groups in total. The number of hydrogen-bond donors (Lipinski definition) is 1. The van der Waals surface area contributed by atoms with Crippen LogP contribution in [0.1, 0.15) is 22.3 Å². The Kier molecular flexibility index (Phi) is 8.59. The summed E-state index contributed by atoms with van der Waals surface area (Å²) in [4.78, 5) is 12.8. The molecule has 0 heterocycles. The highest BCUT2D eigenvalue weighted by atomic mass is 35.5. The second-order valence-electron chi connectivity index (χ2n) is 8.38. The molecule has 0 saturated carbocycles. The molecule has 6 heteroatoms. The van der Waals surface area contributed by atoms with Crippen molar-refractivity contribution in [1.82, 2.24) is 0 Å². The van der Waals surface area contributed by atoms with Crippen molar-refractivity contribution < 1.29 is 14.3 Å². The van der Waals surface area contributed by atoms with Crippen LogP contribution >= 0.6 is 11.6 Å². The summed E-state index contributed by atoms with van der Waals surface area (Å²) in [6.07, 6.45) is 1.47. The van der Waals surface area contributed by atoms with Crippen molar-refractivity contribution in [3.05, 3.63) is 130 Å². The molecule has 0 unspecified atom stereocenters. The van der Waals surface area contributed by atoms with Crippen LogP contribution in [0, 0.1) is 18.3 Å². The van der Waals surface area contributed by atoms with Crippen LogP contribution in [0.4, 0.5) is 5.69 Å². The van der Waals surface area contributed by atoms with E-state index in [9.17, 15) is 10.1 Å². The molecule has 0 aliphatic rings. The predicted molar refractivity (Wildman–Crippen MR) is 146 cm³/mol. The average molecular weight is 509 g/mol. The zero-order valence-corrected chi connectivity index (χ0v) is 21.0. The third-order valence-corrected chi connectivity index (χ3v) is 5.75. The third kappa shape index (κ3) is 7.47. The van der Waals surface area contributed by atoms with Gasteiger partial charge in [-0.05, 0) is 66.6 Å². The summed E-state index contributed by atoms with van der Waals surface area (Å²) in [7, 11) is 0. The molecule has 0 spiro atoms. The number of ether oxygens (including phenoxy) is 2. The van der Waals surface area contributed by atoms with Gasteiger partial charge in [0.05, 0.1) is 0 Å². The number of halogens is 1. The van der Waals surface area contributed by atoms with E-state index in [2.05, 4.69) is 5.32 Å². The molecule has 1 amide bonds. The fourth-order valence-electron chi connectivity index (χ4n) is 3.49. The lowest BCUT2D eigenvalue weighted by molar-refractivity contribution is -0.112. The lowest BCUT2D eigenvalue weighted by Gasteiger charge is -2.11. The molecule has 37 heavy (non-hydrogen) atoms. The number of carbonyl (C=O) groups is 1. The molecule has 0 saturated heterocycles. The highest BCUT2D eigenvalue weighted by Gasteiger charge is 2.12. The van der Waals surface area contributed by atoms with Crippen molar-refractivity contribution in [1.29, 1.82) is 5.26 Å². The molecule has 0 aliphatic heterocycles. The smallest absolute Gasteiger partial charge is 0.266 e. The zero-order valence-electron chi connectivity index (χ0n) is 20.3. The second-order valence-corrected chi connectivity index (χ2v) is 8.82. The SMILES string of the molecule is Cc1ccc(COc2ccc(NC(=O)/C(C#N)=C/c3cc(Cl)ccc3OCc3ccccc3)cc2)cc1. The number of aryl methyl sites for hydroxylation is 1. The molecule has 184 valence electrons. The van der Waals surface area contributed by atoms with Gasteiger partial charge in [-0.3, -0.25) is 4.79 Å². The van der Waals surface area contributed by atoms with Gasteiger partial charge in [-0.15, -0.1) is 0 Å². The molecule has 0 bridgehead atoms. The first-order valence-corrected chi connectivity index (χ1v) is 12.1. The molecule has 5 nitrogen and oxygen atoms in total. The van der Waals surface area contributed by atoms with E-state index < -0.39 is 5.91 Å². The number of rotatable bonds is 9. The zero-order chi connectivity index (χ0) is 26.0. The summed E-state index contributed by atoms with van der Waals surface area (Å²) in [6.45, 7) is 2.83. The molecular weight excluding hydrogens is 484 g/mol. The van der Waals surface area contributed by atoms with E-state index in [1.807, 2.05) is 67.6 Å². The lowest BCUT2D eigenvalue weighted by Crippen LogP contribution is -2.13. The van der Waals surface area contributed by atoms with Crippen LogP contribution in [-0.4, -0.2) is 5.91 Å². The Balaban J connectivity index is 1.41. The summed E-state index contributed by atoms with van der Waals surface area (Å²) in [5.74, 6) is 0.655.